The number of nitrogens with two attached hydrogens (primary N) is 1. The van der Waals surface area contributed by atoms with Crippen LogP contribution in [0.3, 0.4) is 0 Å². The summed E-state index contributed by atoms with van der Waals surface area (Å²) < 4.78 is 37.4. The summed E-state index contributed by atoms with van der Waals surface area (Å²) in [5, 5.41) is 0. The number of rotatable bonds is 3. The van der Waals surface area contributed by atoms with Crippen molar-refractivity contribution in [2.45, 2.75) is 45.3 Å². The molecule has 2 aliphatic rings. The zero-order chi connectivity index (χ0) is 15.9. The Morgan fingerprint density at radius 3 is 2.10 bits per heavy atom. The number of hydrogen-bond donors (Lipinski definition) is 1. The molecule has 0 aromatic rings. The Kier molecular flexibility index (Phi) is 4.63. The van der Waals surface area contributed by atoms with E-state index in [4.69, 9.17) is 5.73 Å². The van der Waals surface area contributed by atoms with E-state index in [1.807, 2.05) is 0 Å². The van der Waals surface area contributed by atoms with Gasteiger partial charge < -0.3 is 5.73 Å². The molecular formula is C15H28F3N3. The van der Waals surface area contributed by atoms with Crippen LogP contribution in [0, 0.1) is 11.3 Å². The molecule has 0 aromatic heterocycles. The number of piperazine rings is 1. The molecule has 124 valence electrons. The highest BCUT2D eigenvalue weighted by Gasteiger charge is 2.51. The molecule has 0 spiro atoms. The summed E-state index contributed by atoms with van der Waals surface area (Å²) in [6.45, 7) is 8.91. The van der Waals surface area contributed by atoms with E-state index in [9.17, 15) is 13.2 Å². The third-order valence-corrected chi connectivity index (χ3v) is 5.32. The lowest BCUT2D eigenvalue weighted by atomic mass is 9.84. The molecular weight excluding hydrogens is 279 g/mol. The Balaban J connectivity index is 2.00. The summed E-state index contributed by atoms with van der Waals surface area (Å²) >= 11 is 0. The molecule has 0 amide bonds. The van der Waals surface area contributed by atoms with Gasteiger partial charge in [0.25, 0.3) is 0 Å². The first kappa shape index (κ1) is 17.0. The maximum atomic E-state index is 12.5. The van der Waals surface area contributed by atoms with E-state index in [1.165, 1.54) is 4.90 Å². The van der Waals surface area contributed by atoms with Crippen LogP contribution in [0.5, 0.6) is 0 Å². The van der Waals surface area contributed by atoms with E-state index < -0.39 is 12.7 Å². The van der Waals surface area contributed by atoms with Gasteiger partial charge >= 0.3 is 6.18 Å². The van der Waals surface area contributed by atoms with Gasteiger partial charge in [-0.05, 0) is 24.2 Å². The summed E-state index contributed by atoms with van der Waals surface area (Å²) in [4.78, 5) is 3.87. The van der Waals surface area contributed by atoms with Crippen LogP contribution in [0.25, 0.3) is 0 Å². The largest absolute Gasteiger partial charge is 0.401 e. The van der Waals surface area contributed by atoms with E-state index in [0.717, 1.165) is 12.8 Å². The normalized spacial score (nSPS) is 35.3. The van der Waals surface area contributed by atoms with Gasteiger partial charge in [0, 0.05) is 38.3 Å². The van der Waals surface area contributed by atoms with Gasteiger partial charge in [0.05, 0.1) is 6.54 Å². The topological polar surface area (TPSA) is 32.5 Å². The predicted octanol–water partition coefficient (Wildman–Crippen LogP) is 2.32. The highest BCUT2D eigenvalue weighted by atomic mass is 19.4. The molecule has 0 bridgehead atoms. The summed E-state index contributed by atoms with van der Waals surface area (Å²) in [5.74, 6) is 0.492. The first-order valence-electron chi connectivity index (χ1n) is 7.82. The van der Waals surface area contributed by atoms with Crippen LogP contribution in [-0.4, -0.2) is 60.8 Å². The summed E-state index contributed by atoms with van der Waals surface area (Å²) in [5.41, 5.74) is 6.34. The molecule has 2 rings (SSSR count). The molecule has 2 fully saturated rings. The van der Waals surface area contributed by atoms with Gasteiger partial charge in [0.1, 0.15) is 0 Å². The maximum absolute atomic E-state index is 12.5. The van der Waals surface area contributed by atoms with E-state index in [-0.39, 0.29) is 11.0 Å². The number of halogens is 3. The van der Waals surface area contributed by atoms with Gasteiger partial charge in [-0.3, -0.25) is 9.80 Å². The predicted molar refractivity (Wildman–Crippen MR) is 78.0 cm³/mol. The Labute approximate surface area is 125 Å². The van der Waals surface area contributed by atoms with Crippen LogP contribution in [0.2, 0.25) is 0 Å². The molecule has 2 unspecified atom stereocenters. The molecule has 6 heteroatoms. The van der Waals surface area contributed by atoms with Crippen molar-refractivity contribution in [3.63, 3.8) is 0 Å². The zero-order valence-electron chi connectivity index (χ0n) is 13.3. The maximum Gasteiger partial charge on any atom is 0.401 e. The monoisotopic (exact) mass is 307 g/mol. The van der Waals surface area contributed by atoms with Gasteiger partial charge in [0.15, 0.2) is 0 Å². The second-order valence-corrected chi connectivity index (χ2v) is 7.63. The second kappa shape index (κ2) is 5.70. The number of nitrogens with zero attached hydrogens (tertiary/aromatic N) is 2. The zero-order valence-corrected chi connectivity index (χ0v) is 13.3. The third-order valence-electron chi connectivity index (χ3n) is 5.32. The van der Waals surface area contributed by atoms with Crippen molar-refractivity contribution in [3.8, 4) is 0 Å². The van der Waals surface area contributed by atoms with Crippen molar-refractivity contribution in [2.24, 2.45) is 17.1 Å². The van der Waals surface area contributed by atoms with Gasteiger partial charge in [-0.25, -0.2) is 0 Å². The first-order chi connectivity index (χ1) is 9.58. The fraction of sp³-hybridized carbons (Fsp3) is 1.00. The minimum absolute atomic E-state index is 0.0339. The molecule has 21 heavy (non-hydrogen) atoms. The number of alkyl halides is 3. The van der Waals surface area contributed by atoms with E-state index in [0.29, 0.717) is 38.6 Å². The van der Waals surface area contributed by atoms with Crippen molar-refractivity contribution < 1.29 is 13.2 Å². The molecule has 3 nitrogen and oxygen atoms in total. The Morgan fingerprint density at radius 2 is 1.71 bits per heavy atom. The minimum Gasteiger partial charge on any atom is -0.329 e. The molecule has 2 atom stereocenters. The van der Waals surface area contributed by atoms with Crippen LogP contribution >= 0.6 is 0 Å². The molecule has 1 saturated carbocycles. The third kappa shape index (κ3) is 3.71. The molecule has 1 aliphatic carbocycles. The van der Waals surface area contributed by atoms with E-state index in [1.54, 1.807) is 0 Å². The molecule has 2 N–H and O–H groups in total. The molecule has 1 heterocycles. The van der Waals surface area contributed by atoms with Crippen LogP contribution < -0.4 is 5.73 Å². The van der Waals surface area contributed by atoms with Gasteiger partial charge in [-0.1, -0.05) is 20.8 Å². The van der Waals surface area contributed by atoms with Crippen molar-refractivity contribution in [2.75, 3.05) is 39.3 Å². The molecule has 0 radical (unpaired) electrons. The van der Waals surface area contributed by atoms with Crippen molar-refractivity contribution >= 4 is 0 Å². The highest BCUT2D eigenvalue weighted by molar-refractivity contribution is 5.06. The van der Waals surface area contributed by atoms with Crippen molar-refractivity contribution in [1.82, 2.24) is 9.80 Å². The summed E-state index contributed by atoms with van der Waals surface area (Å²) in [7, 11) is 0. The molecule has 1 aliphatic heterocycles. The summed E-state index contributed by atoms with van der Waals surface area (Å²) in [6.07, 6.45) is -1.93. The second-order valence-electron chi connectivity index (χ2n) is 7.63. The Hall–Kier alpha value is -0.330. The molecule has 1 saturated heterocycles. The fourth-order valence-corrected chi connectivity index (χ4v) is 4.52. The lowest BCUT2D eigenvalue weighted by molar-refractivity contribution is -0.151. The summed E-state index contributed by atoms with van der Waals surface area (Å²) in [6, 6.07) is 0. The van der Waals surface area contributed by atoms with Crippen LogP contribution in [0.15, 0.2) is 0 Å². The van der Waals surface area contributed by atoms with Crippen molar-refractivity contribution in [3.05, 3.63) is 0 Å². The van der Waals surface area contributed by atoms with Gasteiger partial charge in [0.2, 0.25) is 0 Å². The minimum atomic E-state index is -4.10. The van der Waals surface area contributed by atoms with Crippen LogP contribution in [0.1, 0.15) is 33.6 Å². The highest BCUT2D eigenvalue weighted by Crippen LogP contribution is 2.50. The van der Waals surface area contributed by atoms with Gasteiger partial charge in [-0.2, -0.15) is 13.2 Å². The van der Waals surface area contributed by atoms with Crippen LogP contribution in [-0.2, 0) is 0 Å². The number of hydrogen-bond acceptors (Lipinski definition) is 3. The average Bonchev–Trinajstić information content (AvgIpc) is 2.58. The molecule has 0 aromatic carbocycles. The van der Waals surface area contributed by atoms with E-state index >= 15 is 0 Å². The average molecular weight is 307 g/mol. The quantitative estimate of drug-likeness (QED) is 0.868. The lowest BCUT2D eigenvalue weighted by Gasteiger charge is -2.48. The van der Waals surface area contributed by atoms with Gasteiger partial charge in [-0.15, -0.1) is 0 Å². The smallest absolute Gasteiger partial charge is 0.329 e. The van der Waals surface area contributed by atoms with Crippen molar-refractivity contribution in [1.29, 1.82) is 0 Å². The van der Waals surface area contributed by atoms with E-state index in [2.05, 4.69) is 25.7 Å². The van der Waals surface area contributed by atoms with Crippen LogP contribution in [0.4, 0.5) is 13.2 Å². The SMILES string of the molecule is CC1CC(C)(C)CC1(CN)N1CCN(CC(F)(F)F)CC1. The lowest BCUT2D eigenvalue weighted by Crippen LogP contribution is -2.62. The fourth-order valence-electron chi connectivity index (χ4n) is 4.52. The Bertz CT molecular complexity index is 362. The Morgan fingerprint density at radius 1 is 1.14 bits per heavy atom. The first-order valence-corrected chi connectivity index (χ1v) is 7.82. The standard InChI is InChI=1S/C15H28F3N3/c1-12-8-13(2,3)9-14(12,10-19)21-6-4-20(5-7-21)11-15(16,17)18/h12H,4-11,19H2,1-3H3.